The van der Waals surface area contributed by atoms with Crippen molar-refractivity contribution < 1.29 is 14.3 Å². The molecule has 154 valence electrons. The lowest BCUT2D eigenvalue weighted by Gasteiger charge is -2.17. The Kier molecular flexibility index (Phi) is 7.08. The number of carbonyl (C=O) groups is 1. The van der Waals surface area contributed by atoms with Gasteiger partial charge in [0.25, 0.3) is 5.91 Å². The van der Waals surface area contributed by atoms with Crippen molar-refractivity contribution in [3.05, 3.63) is 51.3 Å². The van der Waals surface area contributed by atoms with Crippen molar-refractivity contribution in [1.82, 2.24) is 0 Å². The molecule has 5 nitrogen and oxygen atoms in total. The van der Waals surface area contributed by atoms with Crippen LogP contribution in [0.4, 0.5) is 11.4 Å². The summed E-state index contributed by atoms with van der Waals surface area (Å²) in [5.41, 5.74) is 2.56. The summed E-state index contributed by atoms with van der Waals surface area (Å²) in [6.07, 6.45) is 7.05. The maximum atomic E-state index is 13.0. The highest BCUT2D eigenvalue weighted by atomic mass is 79.9. The molecule has 0 radical (unpaired) electrons. The second kappa shape index (κ2) is 9.56. The second-order valence-electron chi connectivity index (χ2n) is 6.45. The Morgan fingerprint density at radius 2 is 2.00 bits per heavy atom. The maximum Gasteiger partial charge on any atom is 0.270 e. The van der Waals surface area contributed by atoms with Crippen molar-refractivity contribution >= 4 is 67.6 Å². The molecular weight excluding hydrogens is 484 g/mol. The van der Waals surface area contributed by atoms with Crippen LogP contribution in [0.1, 0.15) is 5.56 Å². The van der Waals surface area contributed by atoms with Crippen LogP contribution in [0, 0.1) is 12.3 Å². The van der Waals surface area contributed by atoms with Crippen LogP contribution in [0.3, 0.4) is 0 Å². The molecule has 2 aromatic carbocycles. The third-order valence-corrected chi connectivity index (χ3v) is 6.16. The Balaban J connectivity index is 1.90. The van der Waals surface area contributed by atoms with Gasteiger partial charge in [-0.05, 0) is 64.0 Å². The number of anilines is 2. The van der Waals surface area contributed by atoms with E-state index >= 15 is 0 Å². The highest BCUT2D eigenvalue weighted by Gasteiger charge is 2.33. The van der Waals surface area contributed by atoms with Crippen molar-refractivity contribution in [2.75, 3.05) is 37.6 Å². The van der Waals surface area contributed by atoms with Gasteiger partial charge in [-0.2, -0.15) is 0 Å². The number of carbonyl (C=O) groups excluding carboxylic acids is 1. The number of thiocarbonyl (C=S) groups is 1. The van der Waals surface area contributed by atoms with Gasteiger partial charge in [0.2, 0.25) is 0 Å². The summed E-state index contributed by atoms with van der Waals surface area (Å²) in [5, 5.41) is 0. The monoisotopic (exact) mass is 502 g/mol. The molecule has 0 bridgehead atoms. The first-order chi connectivity index (χ1) is 14.3. The number of hydrogen-bond donors (Lipinski definition) is 0. The summed E-state index contributed by atoms with van der Waals surface area (Å²) < 4.78 is 12.1. The number of hydrogen-bond acceptors (Lipinski definition) is 6. The number of amides is 1. The van der Waals surface area contributed by atoms with Crippen LogP contribution in [-0.2, 0) is 4.79 Å². The SMILES string of the molecule is C#CCOc1c(Br)cc(/C=C2\SC(=S)N(c3ccc(N(C)C)cc3)C2=O)cc1OC. The number of rotatable bonds is 6. The lowest BCUT2D eigenvalue weighted by Crippen LogP contribution is -2.27. The van der Waals surface area contributed by atoms with Gasteiger partial charge in [-0.15, -0.1) is 6.42 Å². The molecular formula is C22H19BrN2O3S2. The van der Waals surface area contributed by atoms with Gasteiger partial charge in [0.15, 0.2) is 15.8 Å². The Labute approximate surface area is 194 Å². The fourth-order valence-corrected chi connectivity index (χ4v) is 4.69. The van der Waals surface area contributed by atoms with Crippen molar-refractivity contribution in [3.8, 4) is 23.8 Å². The number of terminal acetylenes is 1. The smallest absolute Gasteiger partial charge is 0.270 e. The molecule has 1 amide bonds. The summed E-state index contributed by atoms with van der Waals surface area (Å²) in [7, 11) is 5.48. The Morgan fingerprint density at radius 1 is 1.30 bits per heavy atom. The lowest BCUT2D eigenvalue weighted by molar-refractivity contribution is -0.113. The van der Waals surface area contributed by atoms with Gasteiger partial charge in [-0.25, -0.2) is 0 Å². The zero-order valence-corrected chi connectivity index (χ0v) is 19.9. The standard InChI is InChI=1S/C22H19BrN2O3S2/c1-5-10-28-20-17(23)11-14(12-18(20)27-4)13-19-21(26)25(22(29)30-19)16-8-6-15(7-9-16)24(2)3/h1,6-9,11-13H,10H2,2-4H3/b19-13-. The molecule has 0 atom stereocenters. The second-order valence-corrected chi connectivity index (χ2v) is 8.98. The van der Waals surface area contributed by atoms with Crippen molar-refractivity contribution in [1.29, 1.82) is 0 Å². The molecule has 3 rings (SSSR count). The molecule has 0 aliphatic carbocycles. The quantitative estimate of drug-likeness (QED) is 0.316. The van der Waals surface area contributed by atoms with Crippen LogP contribution in [0.2, 0.25) is 0 Å². The molecule has 1 heterocycles. The molecule has 0 aromatic heterocycles. The average Bonchev–Trinajstić information content (AvgIpc) is 2.99. The van der Waals surface area contributed by atoms with Crippen molar-refractivity contribution in [3.63, 3.8) is 0 Å². The largest absolute Gasteiger partial charge is 0.493 e. The molecule has 1 saturated heterocycles. The van der Waals surface area contributed by atoms with Gasteiger partial charge in [-0.3, -0.25) is 9.69 Å². The van der Waals surface area contributed by atoms with Crippen LogP contribution in [0.25, 0.3) is 6.08 Å². The van der Waals surface area contributed by atoms with E-state index in [1.807, 2.05) is 49.3 Å². The summed E-state index contributed by atoms with van der Waals surface area (Å²) in [6, 6.07) is 11.3. The molecule has 1 aliphatic rings. The Hall–Kier alpha value is -2.47. The normalized spacial score (nSPS) is 14.8. The third-order valence-electron chi connectivity index (χ3n) is 4.27. The van der Waals surface area contributed by atoms with E-state index in [9.17, 15) is 4.79 Å². The van der Waals surface area contributed by atoms with E-state index in [1.165, 1.54) is 11.8 Å². The highest BCUT2D eigenvalue weighted by molar-refractivity contribution is 9.10. The summed E-state index contributed by atoms with van der Waals surface area (Å²) in [5.74, 6) is 3.30. The molecule has 8 heteroatoms. The first-order valence-corrected chi connectivity index (χ1v) is 10.9. The van der Waals surface area contributed by atoms with Gasteiger partial charge in [0.1, 0.15) is 6.61 Å². The van der Waals surface area contributed by atoms with Gasteiger partial charge in [0, 0.05) is 19.8 Å². The van der Waals surface area contributed by atoms with E-state index in [-0.39, 0.29) is 12.5 Å². The van der Waals surface area contributed by atoms with Gasteiger partial charge < -0.3 is 14.4 Å². The Bertz CT molecular complexity index is 1060. The molecule has 1 aliphatic heterocycles. The first kappa shape index (κ1) is 22.2. The minimum Gasteiger partial charge on any atom is -0.493 e. The highest BCUT2D eigenvalue weighted by Crippen LogP contribution is 2.40. The molecule has 2 aromatic rings. The van der Waals surface area contributed by atoms with Crippen molar-refractivity contribution in [2.24, 2.45) is 0 Å². The summed E-state index contributed by atoms with van der Waals surface area (Å²) in [4.78, 5) is 17.1. The summed E-state index contributed by atoms with van der Waals surface area (Å²) in [6.45, 7) is 0.125. The number of benzene rings is 2. The minimum atomic E-state index is -0.162. The number of ether oxygens (including phenoxy) is 2. The van der Waals surface area contributed by atoms with Gasteiger partial charge in [-0.1, -0.05) is 29.9 Å². The predicted octanol–water partition coefficient (Wildman–Crippen LogP) is 4.94. The number of methoxy groups -OCH3 is 1. The molecule has 0 unspecified atom stereocenters. The molecule has 0 saturated carbocycles. The lowest BCUT2D eigenvalue weighted by atomic mass is 10.1. The maximum absolute atomic E-state index is 13.0. The Morgan fingerprint density at radius 3 is 2.60 bits per heavy atom. The summed E-state index contributed by atoms with van der Waals surface area (Å²) >= 11 is 10.2. The number of nitrogens with zero attached hydrogens (tertiary/aromatic N) is 2. The zero-order chi connectivity index (χ0) is 21.8. The van der Waals surface area contributed by atoms with Gasteiger partial charge in [0.05, 0.1) is 22.2 Å². The van der Waals surface area contributed by atoms with Crippen LogP contribution in [0.15, 0.2) is 45.8 Å². The van der Waals surface area contributed by atoms with Crippen LogP contribution < -0.4 is 19.3 Å². The van der Waals surface area contributed by atoms with E-state index < -0.39 is 0 Å². The third kappa shape index (κ3) is 4.64. The van der Waals surface area contributed by atoms with E-state index in [4.69, 9.17) is 28.1 Å². The molecule has 1 fully saturated rings. The predicted molar refractivity (Wildman–Crippen MR) is 131 cm³/mol. The first-order valence-electron chi connectivity index (χ1n) is 8.85. The van der Waals surface area contributed by atoms with E-state index in [2.05, 4.69) is 21.9 Å². The topological polar surface area (TPSA) is 42.0 Å². The zero-order valence-electron chi connectivity index (χ0n) is 16.6. The molecule has 30 heavy (non-hydrogen) atoms. The van der Waals surface area contributed by atoms with E-state index in [0.29, 0.717) is 25.2 Å². The fourth-order valence-electron chi connectivity index (χ4n) is 2.82. The average molecular weight is 503 g/mol. The fraction of sp³-hybridized carbons (Fsp3) is 0.182. The number of halogens is 1. The van der Waals surface area contributed by atoms with E-state index in [1.54, 1.807) is 24.2 Å². The van der Waals surface area contributed by atoms with Crippen LogP contribution >= 0.6 is 39.9 Å². The van der Waals surface area contributed by atoms with E-state index in [0.717, 1.165) is 16.9 Å². The molecule has 0 N–H and O–H groups in total. The minimum absolute atomic E-state index is 0.125. The van der Waals surface area contributed by atoms with Crippen molar-refractivity contribution in [2.45, 2.75) is 0 Å². The van der Waals surface area contributed by atoms with Crippen LogP contribution in [-0.4, -0.2) is 38.0 Å². The molecule has 0 spiro atoms. The number of thioether (sulfide) groups is 1. The van der Waals surface area contributed by atoms with Gasteiger partial charge >= 0.3 is 0 Å². The van der Waals surface area contributed by atoms with Crippen LogP contribution in [0.5, 0.6) is 11.5 Å².